The van der Waals surface area contributed by atoms with Gasteiger partial charge in [-0.15, -0.1) is 0 Å². The van der Waals surface area contributed by atoms with Crippen molar-refractivity contribution in [3.63, 3.8) is 0 Å². The number of urea groups is 1. The van der Waals surface area contributed by atoms with Crippen LogP contribution in [0.5, 0.6) is 0 Å². The van der Waals surface area contributed by atoms with Gasteiger partial charge in [0.2, 0.25) is 5.91 Å². The highest BCUT2D eigenvalue weighted by Gasteiger charge is 2.42. The number of non-ortho nitro benzene ring substituents is 1. The summed E-state index contributed by atoms with van der Waals surface area (Å²) in [5.41, 5.74) is 4.48. The molecule has 3 rings (SSSR count). The molecule has 4 amide bonds. The Labute approximate surface area is 165 Å². The Hall–Kier alpha value is -2.82. The number of nitrogens with zero attached hydrogens (tertiary/aromatic N) is 1. The zero-order valence-corrected chi connectivity index (χ0v) is 15.8. The molecule has 11 heteroatoms. The maximum atomic E-state index is 12.0. The van der Waals surface area contributed by atoms with Crippen LogP contribution < -0.4 is 21.5 Å². The number of thioether (sulfide) groups is 1. The first-order valence-electron chi connectivity index (χ1n) is 8.96. The number of rotatable bonds is 7. The van der Waals surface area contributed by atoms with Crippen molar-refractivity contribution in [2.24, 2.45) is 0 Å². The highest BCUT2D eigenvalue weighted by molar-refractivity contribution is 8.00. The molecule has 0 spiro atoms. The van der Waals surface area contributed by atoms with Gasteiger partial charge in [-0.05, 0) is 18.9 Å². The van der Waals surface area contributed by atoms with Gasteiger partial charge >= 0.3 is 6.03 Å². The van der Waals surface area contributed by atoms with E-state index in [-0.39, 0.29) is 41.7 Å². The number of hydrogen-bond donors (Lipinski definition) is 4. The first-order valence-corrected chi connectivity index (χ1v) is 10.0. The first kappa shape index (κ1) is 19.9. The van der Waals surface area contributed by atoms with E-state index in [0.717, 1.165) is 24.7 Å². The molecule has 0 aliphatic carbocycles. The Morgan fingerprint density at radius 2 is 2.07 bits per heavy atom. The Bertz CT molecular complexity index is 789. The molecule has 1 aromatic rings. The van der Waals surface area contributed by atoms with Crippen LogP contribution in [0.2, 0.25) is 0 Å². The van der Waals surface area contributed by atoms with E-state index in [1.54, 1.807) is 0 Å². The fourth-order valence-corrected chi connectivity index (χ4v) is 4.84. The van der Waals surface area contributed by atoms with E-state index < -0.39 is 10.8 Å². The molecule has 28 heavy (non-hydrogen) atoms. The molecule has 0 aromatic heterocycles. The third-order valence-corrected chi connectivity index (χ3v) is 6.22. The third-order valence-electron chi connectivity index (χ3n) is 4.72. The molecule has 0 radical (unpaired) electrons. The number of carbonyl (C=O) groups excluding carboxylic acids is 3. The normalized spacial score (nSPS) is 22.7. The molecule has 2 heterocycles. The number of nitro benzene ring substituents is 1. The summed E-state index contributed by atoms with van der Waals surface area (Å²) in [6.07, 6.45) is 2.66. The Balaban J connectivity index is 1.34. The smallest absolute Gasteiger partial charge is 0.315 e. The predicted molar refractivity (Wildman–Crippen MR) is 103 cm³/mol. The molecule has 2 fully saturated rings. The lowest BCUT2D eigenvalue weighted by Crippen LogP contribution is -2.41. The molecule has 0 saturated carbocycles. The Morgan fingerprint density at radius 3 is 2.86 bits per heavy atom. The molecule has 2 aliphatic heterocycles. The van der Waals surface area contributed by atoms with Gasteiger partial charge in [0.15, 0.2) is 0 Å². The molecule has 2 saturated heterocycles. The molecular weight excluding hydrogens is 386 g/mol. The van der Waals surface area contributed by atoms with Crippen LogP contribution in [0.3, 0.4) is 0 Å². The lowest BCUT2D eigenvalue weighted by atomic mass is 10.0. The lowest BCUT2D eigenvalue weighted by molar-refractivity contribution is -0.384. The number of nitrogens with one attached hydrogen (secondary N) is 4. The van der Waals surface area contributed by atoms with Gasteiger partial charge in [0.25, 0.3) is 11.6 Å². The van der Waals surface area contributed by atoms with Gasteiger partial charge < -0.3 is 10.6 Å². The summed E-state index contributed by atoms with van der Waals surface area (Å²) in [6.45, 7) is 0. The zero-order valence-electron chi connectivity index (χ0n) is 15.0. The molecule has 10 nitrogen and oxygen atoms in total. The molecular formula is C17H21N5O5S. The van der Waals surface area contributed by atoms with Crippen LogP contribution >= 0.6 is 11.8 Å². The predicted octanol–water partition coefficient (Wildman–Crippen LogP) is 1.08. The van der Waals surface area contributed by atoms with Crippen molar-refractivity contribution in [3.8, 4) is 0 Å². The van der Waals surface area contributed by atoms with E-state index in [1.807, 2.05) is 11.8 Å². The van der Waals surface area contributed by atoms with Gasteiger partial charge in [-0.25, -0.2) is 4.79 Å². The number of hydrazine groups is 1. The fraction of sp³-hybridized carbons (Fsp3) is 0.471. The number of hydrogen-bond acceptors (Lipinski definition) is 6. The van der Waals surface area contributed by atoms with Crippen LogP contribution in [0.15, 0.2) is 24.3 Å². The van der Waals surface area contributed by atoms with Crippen LogP contribution in [-0.4, -0.2) is 45.9 Å². The van der Waals surface area contributed by atoms with Gasteiger partial charge in [0, 0.05) is 35.1 Å². The quantitative estimate of drug-likeness (QED) is 0.231. The van der Waals surface area contributed by atoms with Gasteiger partial charge in [-0.3, -0.25) is 30.6 Å². The maximum absolute atomic E-state index is 12.0. The van der Waals surface area contributed by atoms with Crippen molar-refractivity contribution in [1.82, 2.24) is 21.5 Å². The number of nitro groups is 1. The number of fused-ring (bicyclic) bond motifs is 1. The van der Waals surface area contributed by atoms with Gasteiger partial charge in [0.05, 0.1) is 17.0 Å². The second-order valence-corrected chi connectivity index (χ2v) is 7.95. The van der Waals surface area contributed by atoms with Crippen LogP contribution in [0.25, 0.3) is 0 Å². The van der Waals surface area contributed by atoms with E-state index in [0.29, 0.717) is 11.7 Å². The van der Waals surface area contributed by atoms with Gasteiger partial charge in [-0.2, -0.15) is 11.8 Å². The van der Waals surface area contributed by atoms with Crippen molar-refractivity contribution in [3.05, 3.63) is 39.9 Å². The lowest BCUT2D eigenvalue weighted by Gasteiger charge is -2.16. The van der Waals surface area contributed by atoms with E-state index in [1.165, 1.54) is 18.2 Å². The average molecular weight is 407 g/mol. The van der Waals surface area contributed by atoms with Crippen LogP contribution in [0.4, 0.5) is 10.5 Å². The Morgan fingerprint density at radius 1 is 1.25 bits per heavy atom. The Kier molecular flexibility index (Phi) is 6.34. The summed E-state index contributed by atoms with van der Waals surface area (Å²) in [5.74, 6) is -0.0420. The topological polar surface area (TPSA) is 142 Å². The van der Waals surface area contributed by atoms with Crippen LogP contribution in [-0.2, 0) is 4.79 Å². The minimum Gasteiger partial charge on any atom is -0.332 e. The minimum absolute atomic E-state index is 0.0922. The fourth-order valence-electron chi connectivity index (χ4n) is 3.30. The summed E-state index contributed by atoms with van der Waals surface area (Å²) in [7, 11) is 0. The number of amides is 4. The van der Waals surface area contributed by atoms with Crippen molar-refractivity contribution < 1.29 is 19.3 Å². The number of carbonyl (C=O) groups is 3. The van der Waals surface area contributed by atoms with E-state index in [9.17, 15) is 24.5 Å². The summed E-state index contributed by atoms with van der Waals surface area (Å²) >= 11 is 1.83. The second-order valence-electron chi connectivity index (χ2n) is 6.68. The highest BCUT2D eigenvalue weighted by Crippen LogP contribution is 2.33. The van der Waals surface area contributed by atoms with Crippen molar-refractivity contribution in [2.75, 3.05) is 5.75 Å². The molecule has 1 aromatic carbocycles. The van der Waals surface area contributed by atoms with Crippen molar-refractivity contribution in [2.45, 2.75) is 43.0 Å². The zero-order chi connectivity index (χ0) is 20.1. The molecule has 150 valence electrons. The second kappa shape index (κ2) is 8.91. The maximum Gasteiger partial charge on any atom is 0.315 e. The number of benzene rings is 1. The van der Waals surface area contributed by atoms with Crippen LogP contribution in [0, 0.1) is 10.1 Å². The largest absolute Gasteiger partial charge is 0.332 e. The monoisotopic (exact) mass is 407 g/mol. The SMILES string of the molecule is O=C(CCCC[C@@H]1SC[C@@H]2NC(=O)N[C@@H]21)NNC(=O)c1cccc([N+](=O)[O-])c1. The molecule has 2 aliphatic rings. The number of unbranched alkanes of at least 4 members (excludes halogenated alkanes) is 1. The standard InChI is InChI=1S/C17H21N5O5S/c23-14(20-21-16(24)10-4-3-5-11(8-10)22(26)27)7-2-1-6-13-15-12(9-28-13)18-17(25)19-15/h3-5,8,12-13,15H,1-2,6-7,9H2,(H,20,23)(H,21,24)(H2,18,19,25)/t12-,13-,15-/m0/s1. The molecule has 3 atom stereocenters. The van der Waals surface area contributed by atoms with E-state index >= 15 is 0 Å². The highest BCUT2D eigenvalue weighted by atomic mass is 32.2. The minimum atomic E-state index is -0.616. The van der Waals surface area contributed by atoms with E-state index in [2.05, 4.69) is 21.5 Å². The van der Waals surface area contributed by atoms with Crippen LogP contribution in [0.1, 0.15) is 36.0 Å². The van der Waals surface area contributed by atoms with Gasteiger partial charge in [0.1, 0.15) is 0 Å². The van der Waals surface area contributed by atoms with Crippen molar-refractivity contribution in [1.29, 1.82) is 0 Å². The van der Waals surface area contributed by atoms with Crippen molar-refractivity contribution >= 4 is 35.3 Å². The van der Waals surface area contributed by atoms with E-state index in [4.69, 9.17) is 0 Å². The molecule has 0 bridgehead atoms. The third kappa shape index (κ3) is 4.91. The summed E-state index contributed by atoms with van der Waals surface area (Å²) < 4.78 is 0. The summed E-state index contributed by atoms with van der Waals surface area (Å²) in [6, 6.07) is 5.49. The first-order chi connectivity index (χ1) is 13.4. The van der Waals surface area contributed by atoms with Gasteiger partial charge in [-0.1, -0.05) is 12.5 Å². The summed E-state index contributed by atoms with van der Waals surface area (Å²) in [4.78, 5) is 45.3. The average Bonchev–Trinajstić information content (AvgIpc) is 3.22. The molecule has 0 unspecified atom stereocenters. The summed E-state index contributed by atoms with van der Waals surface area (Å²) in [5, 5.41) is 16.9. The molecule has 4 N–H and O–H groups in total.